The molecule has 2 heterocycles. The molecule has 0 fully saturated rings. The number of nitrogens with one attached hydrogen (secondary N) is 1. The standard InChI is InChI=1S/C18H13N3O6S/c1-25-11-5-3-4-9-6-13(27-16(9)11)17(22)20-18-19-15-12(26-2)7-10(21(23)24)8-14(15)28-18/h3-8H,1-2H3,(H,19,20,22). The molecule has 0 aliphatic heterocycles. The number of aromatic nitrogens is 1. The molecule has 2 aromatic heterocycles. The lowest BCUT2D eigenvalue weighted by molar-refractivity contribution is -0.384. The number of amides is 1. The predicted octanol–water partition coefficient (Wildman–Crippen LogP) is 4.22. The van der Waals surface area contributed by atoms with Crippen molar-refractivity contribution in [1.82, 2.24) is 4.98 Å². The number of anilines is 1. The fourth-order valence-corrected chi connectivity index (χ4v) is 3.68. The van der Waals surface area contributed by atoms with Crippen LogP contribution in [-0.4, -0.2) is 30.0 Å². The van der Waals surface area contributed by atoms with E-state index >= 15 is 0 Å². The highest BCUT2D eigenvalue weighted by atomic mass is 32.1. The number of non-ortho nitro benzene ring substituents is 1. The summed E-state index contributed by atoms with van der Waals surface area (Å²) >= 11 is 1.10. The van der Waals surface area contributed by atoms with Crippen molar-refractivity contribution in [3.63, 3.8) is 0 Å². The molecule has 0 unspecified atom stereocenters. The third-order valence-corrected chi connectivity index (χ3v) is 4.97. The zero-order chi connectivity index (χ0) is 19.8. The van der Waals surface area contributed by atoms with E-state index in [1.807, 2.05) is 0 Å². The number of rotatable bonds is 5. The number of para-hydroxylation sites is 1. The molecule has 0 bridgehead atoms. The Labute approximate surface area is 161 Å². The summed E-state index contributed by atoms with van der Waals surface area (Å²) in [5.41, 5.74) is 0.784. The van der Waals surface area contributed by atoms with Crippen molar-refractivity contribution in [2.24, 2.45) is 0 Å². The number of ether oxygens (including phenoxy) is 2. The zero-order valence-electron chi connectivity index (χ0n) is 14.7. The highest BCUT2D eigenvalue weighted by Gasteiger charge is 2.19. The first-order chi connectivity index (χ1) is 13.5. The second-order valence-electron chi connectivity index (χ2n) is 5.71. The summed E-state index contributed by atoms with van der Waals surface area (Å²) in [6, 6.07) is 9.62. The Morgan fingerprint density at radius 2 is 2.00 bits per heavy atom. The number of carbonyl (C=O) groups is 1. The summed E-state index contributed by atoms with van der Waals surface area (Å²) in [7, 11) is 2.92. The topological polar surface area (TPSA) is 117 Å². The zero-order valence-corrected chi connectivity index (χ0v) is 15.5. The van der Waals surface area contributed by atoms with E-state index in [2.05, 4.69) is 10.3 Å². The molecular formula is C18H13N3O6S. The van der Waals surface area contributed by atoms with Gasteiger partial charge in [0.15, 0.2) is 28.0 Å². The number of furan rings is 1. The molecule has 0 saturated heterocycles. The average molecular weight is 399 g/mol. The molecule has 4 rings (SSSR count). The minimum Gasteiger partial charge on any atom is -0.494 e. The van der Waals surface area contributed by atoms with Crippen LogP contribution in [0.25, 0.3) is 21.2 Å². The summed E-state index contributed by atoms with van der Waals surface area (Å²) in [6.07, 6.45) is 0. The number of methoxy groups -OCH3 is 2. The monoisotopic (exact) mass is 399 g/mol. The van der Waals surface area contributed by atoms with Gasteiger partial charge in [-0.05, 0) is 12.1 Å². The van der Waals surface area contributed by atoms with Gasteiger partial charge in [0.2, 0.25) is 0 Å². The molecule has 0 aliphatic carbocycles. The van der Waals surface area contributed by atoms with Crippen molar-refractivity contribution in [2.45, 2.75) is 0 Å². The summed E-state index contributed by atoms with van der Waals surface area (Å²) in [5, 5.41) is 14.7. The highest BCUT2D eigenvalue weighted by Crippen LogP contribution is 2.36. The normalized spacial score (nSPS) is 10.9. The van der Waals surface area contributed by atoms with E-state index in [-0.39, 0.29) is 22.3 Å². The molecule has 9 nitrogen and oxygen atoms in total. The summed E-state index contributed by atoms with van der Waals surface area (Å²) < 4.78 is 16.6. The second kappa shape index (κ2) is 6.82. The van der Waals surface area contributed by atoms with Crippen molar-refractivity contribution in [3.8, 4) is 11.5 Å². The van der Waals surface area contributed by atoms with Gasteiger partial charge in [-0.2, -0.15) is 0 Å². The minimum absolute atomic E-state index is 0.0942. The van der Waals surface area contributed by atoms with Crippen LogP contribution in [0.5, 0.6) is 11.5 Å². The molecule has 0 spiro atoms. The van der Waals surface area contributed by atoms with Gasteiger partial charge in [-0.1, -0.05) is 23.5 Å². The molecule has 1 N–H and O–H groups in total. The number of nitro groups is 1. The van der Waals surface area contributed by atoms with Crippen LogP contribution in [0.4, 0.5) is 10.8 Å². The van der Waals surface area contributed by atoms with E-state index in [4.69, 9.17) is 13.9 Å². The van der Waals surface area contributed by atoms with Gasteiger partial charge in [0, 0.05) is 11.5 Å². The molecule has 0 atom stereocenters. The Morgan fingerprint density at radius 1 is 1.21 bits per heavy atom. The fourth-order valence-electron chi connectivity index (χ4n) is 2.77. The third kappa shape index (κ3) is 2.99. The van der Waals surface area contributed by atoms with Crippen LogP contribution in [0, 0.1) is 10.1 Å². The van der Waals surface area contributed by atoms with Crippen LogP contribution in [0.2, 0.25) is 0 Å². The van der Waals surface area contributed by atoms with Crippen molar-refractivity contribution >= 4 is 49.2 Å². The molecule has 0 aliphatic rings. The van der Waals surface area contributed by atoms with Gasteiger partial charge in [-0.15, -0.1) is 0 Å². The summed E-state index contributed by atoms with van der Waals surface area (Å²) in [4.78, 5) is 27.4. The van der Waals surface area contributed by atoms with Crippen LogP contribution in [0.15, 0.2) is 40.8 Å². The molecule has 4 aromatic rings. The number of benzene rings is 2. The Morgan fingerprint density at radius 3 is 2.71 bits per heavy atom. The first-order valence-electron chi connectivity index (χ1n) is 8.01. The van der Waals surface area contributed by atoms with Crippen LogP contribution >= 0.6 is 11.3 Å². The lowest BCUT2D eigenvalue weighted by atomic mass is 10.2. The van der Waals surface area contributed by atoms with Gasteiger partial charge in [-0.25, -0.2) is 4.98 Å². The van der Waals surface area contributed by atoms with Crippen LogP contribution in [0.3, 0.4) is 0 Å². The Hall–Kier alpha value is -3.66. The summed E-state index contributed by atoms with van der Waals surface area (Å²) in [6.45, 7) is 0. The van der Waals surface area contributed by atoms with E-state index in [0.717, 1.165) is 16.7 Å². The van der Waals surface area contributed by atoms with E-state index < -0.39 is 10.8 Å². The molecule has 0 saturated carbocycles. The molecule has 28 heavy (non-hydrogen) atoms. The quantitative estimate of drug-likeness (QED) is 0.394. The number of carbonyl (C=O) groups excluding carboxylic acids is 1. The predicted molar refractivity (Wildman–Crippen MR) is 104 cm³/mol. The van der Waals surface area contributed by atoms with E-state index in [9.17, 15) is 14.9 Å². The Bertz CT molecular complexity index is 1230. The Kier molecular flexibility index (Phi) is 4.32. The first kappa shape index (κ1) is 17.7. The van der Waals surface area contributed by atoms with Crippen LogP contribution < -0.4 is 14.8 Å². The molecule has 0 radical (unpaired) electrons. The number of hydrogen-bond donors (Lipinski definition) is 1. The van der Waals surface area contributed by atoms with Crippen molar-refractivity contribution in [3.05, 3.63) is 52.3 Å². The maximum absolute atomic E-state index is 12.6. The number of nitrogens with zero attached hydrogens (tertiary/aromatic N) is 2. The smallest absolute Gasteiger partial charge is 0.293 e. The Balaban J connectivity index is 1.68. The van der Waals surface area contributed by atoms with Crippen LogP contribution in [-0.2, 0) is 0 Å². The number of thiazole rings is 1. The van der Waals surface area contributed by atoms with Gasteiger partial charge in [-0.3, -0.25) is 20.2 Å². The van der Waals surface area contributed by atoms with Crippen molar-refractivity contribution < 1.29 is 23.6 Å². The van der Waals surface area contributed by atoms with Gasteiger partial charge in [0.25, 0.3) is 11.6 Å². The maximum atomic E-state index is 12.6. The largest absolute Gasteiger partial charge is 0.494 e. The van der Waals surface area contributed by atoms with Crippen LogP contribution in [0.1, 0.15) is 10.6 Å². The maximum Gasteiger partial charge on any atom is 0.293 e. The molecule has 142 valence electrons. The number of fused-ring (bicyclic) bond motifs is 2. The average Bonchev–Trinajstić information content (AvgIpc) is 3.30. The number of nitro benzene ring substituents is 1. The number of hydrogen-bond acceptors (Lipinski definition) is 8. The van der Waals surface area contributed by atoms with E-state index in [1.165, 1.54) is 26.4 Å². The van der Waals surface area contributed by atoms with Crippen molar-refractivity contribution in [2.75, 3.05) is 19.5 Å². The first-order valence-corrected chi connectivity index (χ1v) is 8.82. The minimum atomic E-state index is -0.512. The molecule has 1 amide bonds. The van der Waals surface area contributed by atoms with E-state index in [0.29, 0.717) is 21.5 Å². The highest BCUT2D eigenvalue weighted by molar-refractivity contribution is 7.22. The van der Waals surface area contributed by atoms with E-state index in [1.54, 1.807) is 24.3 Å². The van der Waals surface area contributed by atoms with Gasteiger partial charge < -0.3 is 13.9 Å². The van der Waals surface area contributed by atoms with Gasteiger partial charge >= 0.3 is 0 Å². The van der Waals surface area contributed by atoms with Gasteiger partial charge in [0.05, 0.1) is 29.9 Å². The second-order valence-corrected chi connectivity index (χ2v) is 6.74. The van der Waals surface area contributed by atoms with Gasteiger partial charge in [0.1, 0.15) is 5.52 Å². The summed E-state index contributed by atoms with van der Waals surface area (Å²) in [5.74, 6) is 0.380. The molecule has 10 heteroatoms. The molecular weight excluding hydrogens is 386 g/mol. The lowest BCUT2D eigenvalue weighted by Crippen LogP contribution is -2.10. The fraction of sp³-hybridized carbons (Fsp3) is 0.111. The SMILES string of the molecule is COc1cc([N+](=O)[O-])cc2sc(NC(=O)c3cc4cccc(OC)c4o3)nc12. The lowest BCUT2D eigenvalue weighted by Gasteiger charge is -2.00. The third-order valence-electron chi connectivity index (χ3n) is 4.05. The molecule has 2 aromatic carbocycles. The van der Waals surface area contributed by atoms with Crippen molar-refractivity contribution in [1.29, 1.82) is 0 Å².